The van der Waals surface area contributed by atoms with Gasteiger partial charge in [-0.05, 0) is 31.9 Å². The first-order chi connectivity index (χ1) is 5.22. The van der Waals surface area contributed by atoms with E-state index in [1.54, 1.807) is 0 Å². The van der Waals surface area contributed by atoms with Crippen LogP contribution in [0.4, 0.5) is 0 Å². The molecule has 0 aliphatic heterocycles. The van der Waals surface area contributed by atoms with E-state index in [-0.39, 0.29) is 0 Å². The predicted molar refractivity (Wildman–Crippen MR) is 55.9 cm³/mol. The third kappa shape index (κ3) is 5.02. The van der Waals surface area contributed by atoms with Crippen molar-refractivity contribution in [1.82, 2.24) is 0 Å². The van der Waals surface area contributed by atoms with Crippen LogP contribution in [-0.2, 0) is 0 Å². The van der Waals surface area contributed by atoms with Crippen molar-refractivity contribution in [3.05, 3.63) is 34.4 Å². The minimum absolute atomic E-state index is 1.09. The molecule has 0 aromatic carbocycles. The lowest BCUT2D eigenvalue weighted by Gasteiger charge is -1.94. The maximum Gasteiger partial charge on any atom is 0.0201 e. The molecule has 0 heterocycles. The lowest BCUT2D eigenvalue weighted by Crippen LogP contribution is -1.71. The molecule has 0 aliphatic carbocycles. The summed E-state index contributed by atoms with van der Waals surface area (Å²) in [5, 5.41) is 0. The summed E-state index contributed by atoms with van der Waals surface area (Å²) in [4.78, 5) is 0. The van der Waals surface area contributed by atoms with Crippen molar-refractivity contribution in [3.8, 4) is 0 Å². The minimum atomic E-state index is 1.09. The number of hydrogen-bond donors (Lipinski definition) is 0. The van der Waals surface area contributed by atoms with Gasteiger partial charge in [0.1, 0.15) is 0 Å². The fourth-order valence-corrected chi connectivity index (χ4v) is 0.939. The average molecular weight is 215 g/mol. The van der Waals surface area contributed by atoms with Crippen LogP contribution in [0.3, 0.4) is 0 Å². The van der Waals surface area contributed by atoms with Crippen molar-refractivity contribution in [2.75, 3.05) is 0 Å². The highest BCUT2D eigenvalue weighted by molar-refractivity contribution is 9.12. The Kier molecular flexibility index (Phi) is 6.24. The highest BCUT2D eigenvalue weighted by Crippen LogP contribution is 2.15. The lowest BCUT2D eigenvalue weighted by molar-refractivity contribution is 1.22. The zero-order chi connectivity index (χ0) is 8.69. The van der Waals surface area contributed by atoms with Gasteiger partial charge in [0.15, 0.2) is 0 Å². The van der Waals surface area contributed by atoms with Crippen LogP contribution in [0.1, 0.15) is 27.2 Å². The summed E-state index contributed by atoms with van der Waals surface area (Å²) in [7, 11) is 0. The van der Waals surface area contributed by atoms with Crippen molar-refractivity contribution in [3.63, 3.8) is 0 Å². The smallest absolute Gasteiger partial charge is 0.0201 e. The molecule has 0 spiro atoms. The first kappa shape index (κ1) is 10.7. The van der Waals surface area contributed by atoms with E-state index >= 15 is 0 Å². The second kappa shape index (κ2) is 6.41. The van der Waals surface area contributed by atoms with E-state index in [4.69, 9.17) is 0 Å². The van der Waals surface area contributed by atoms with Gasteiger partial charge >= 0.3 is 0 Å². The van der Waals surface area contributed by atoms with E-state index in [1.807, 2.05) is 6.92 Å². The summed E-state index contributed by atoms with van der Waals surface area (Å²) >= 11 is 3.48. The molecule has 0 amide bonds. The zero-order valence-electron chi connectivity index (χ0n) is 7.39. The van der Waals surface area contributed by atoms with Crippen LogP contribution in [0, 0.1) is 0 Å². The van der Waals surface area contributed by atoms with E-state index in [1.165, 1.54) is 5.57 Å². The molecule has 0 saturated heterocycles. The van der Waals surface area contributed by atoms with Gasteiger partial charge in [-0.15, -0.1) is 0 Å². The molecule has 0 rings (SSSR count). The Balaban J connectivity index is 4.11. The molecule has 0 atom stereocenters. The van der Waals surface area contributed by atoms with Gasteiger partial charge in [-0.1, -0.05) is 41.1 Å². The summed E-state index contributed by atoms with van der Waals surface area (Å²) < 4.78 is 1.16. The van der Waals surface area contributed by atoms with Gasteiger partial charge in [0.25, 0.3) is 0 Å². The van der Waals surface area contributed by atoms with Crippen LogP contribution in [0.15, 0.2) is 34.4 Å². The Morgan fingerprint density at radius 3 is 2.55 bits per heavy atom. The molecule has 0 aromatic rings. The van der Waals surface area contributed by atoms with E-state index in [2.05, 4.69) is 54.1 Å². The summed E-state index contributed by atoms with van der Waals surface area (Å²) in [6.45, 7) is 6.25. The monoisotopic (exact) mass is 214 g/mol. The standard InChI is InChI=1S/C10H15Br/c1-4-6-7-8-10(11)9(3)5-2/h5-8H,4H2,1-3H3/b7-6-,9-5+,10-8+. The minimum Gasteiger partial charge on any atom is -0.0848 e. The highest BCUT2D eigenvalue weighted by atomic mass is 79.9. The Bertz CT molecular complexity index is 185. The molecule has 0 bridgehead atoms. The second-order valence-corrected chi connectivity index (χ2v) is 3.18. The summed E-state index contributed by atoms with van der Waals surface area (Å²) in [5.74, 6) is 0. The Hall–Kier alpha value is -0.300. The van der Waals surface area contributed by atoms with Crippen LogP contribution >= 0.6 is 15.9 Å². The molecular weight excluding hydrogens is 200 g/mol. The number of allylic oxidation sites excluding steroid dienone is 6. The summed E-state index contributed by atoms with van der Waals surface area (Å²) in [6, 6.07) is 0. The third-order valence-electron chi connectivity index (χ3n) is 1.42. The van der Waals surface area contributed by atoms with Crippen LogP contribution in [0.2, 0.25) is 0 Å². The average Bonchev–Trinajstić information content (AvgIpc) is 2.03. The highest BCUT2D eigenvalue weighted by Gasteiger charge is 1.88. The molecular formula is C10H15Br. The second-order valence-electron chi connectivity index (χ2n) is 2.32. The third-order valence-corrected chi connectivity index (χ3v) is 2.31. The molecule has 0 N–H and O–H groups in total. The van der Waals surface area contributed by atoms with Crippen LogP contribution in [-0.4, -0.2) is 0 Å². The SMILES string of the molecule is C/C=C(C)/C(Br)=C\C=C/CC. The van der Waals surface area contributed by atoms with Crippen molar-refractivity contribution in [1.29, 1.82) is 0 Å². The summed E-state index contributed by atoms with van der Waals surface area (Å²) in [6.07, 6.45) is 9.44. The number of rotatable bonds is 3. The van der Waals surface area contributed by atoms with Gasteiger partial charge in [0.2, 0.25) is 0 Å². The fraction of sp³-hybridized carbons (Fsp3) is 0.400. The Labute approximate surface area is 77.8 Å². The van der Waals surface area contributed by atoms with Crippen molar-refractivity contribution in [2.45, 2.75) is 27.2 Å². The molecule has 1 heteroatoms. The molecule has 0 saturated carbocycles. The number of halogens is 1. The zero-order valence-corrected chi connectivity index (χ0v) is 8.98. The van der Waals surface area contributed by atoms with E-state index < -0.39 is 0 Å². The normalized spacial score (nSPS) is 14.5. The molecule has 62 valence electrons. The van der Waals surface area contributed by atoms with Crippen molar-refractivity contribution in [2.24, 2.45) is 0 Å². The van der Waals surface area contributed by atoms with Crippen molar-refractivity contribution < 1.29 is 0 Å². The lowest BCUT2D eigenvalue weighted by atomic mass is 10.2. The molecule has 0 aromatic heterocycles. The molecule has 11 heavy (non-hydrogen) atoms. The maximum atomic E-state index is 3.48. The van der Waals surface area contributed by atoms with Crippen molar-refractivity contribution >= 4 is 15.9 Å². The first-order valence-electron chi connectivity index (χ1n) is 3.88. The topological polar surface area (TPSA) is 0 Å². The predicted octanol–water partition coefficient (Wildman–Crippen LogP) is 4.20. The Morgan fingerprint density at radius 2 is 2.09 bits per heavy atom. The largest absolute Gasteiger partial charge is 0.0848 e. The summed E-state index contributed by atoms with van der Waals surface area (Å²) in [5.41, 5.74) is 1.27. The van der Waals surface area contributed by atoms with Gasteiger partial charge in [-0.2, -0.15) is 0 Å². The van der Waals surface area contributed by atoms with Crippen LogP contribution in [0.5, 0.6) is 0 Å². The first-order valence-corrected chi connectivity index (χ1v) is 4.67. The van der Waals surface area contributed by atoms with Crippen LogP contribution in [0.25, 0.3) is 0 Å². The Morgan fingerprint density at radius 1 is 1.45 bits per heavy atom. The molecule has 0 radical (unpaired) electrons. The van der Waals surface area contributed by atoms with Gasteiger partial charge in [0, 0.05) is 4.48 Å². The van der Waals surface area contributed by atoms with Gasteiger partial charge in [-0.25, -0.2) is 0 Å². The van der Waals surface area contributed by atoms with E-state index in [0.717, 1.165) is 10.9 Å². The fourth-order valence-electron chi connectivity index (χ4n) is 0.558. The molecule has 0 unspecified atom stereocenters. The van der Waals surface area contributed by atoms with Crippen LogP contribution < -0.4 is 0 Å². The van der Waals surface area contributed by atoms with E-state index in [9.17, 15) is 0 Å². The number of hydrogen-bond acceptors (Lipinski definition) is 0. The van der Waals surface area contributed by atoms with E-state index in [0.29, 0.717) is 0 Å². The van der Waals surface area contributed by atoms with Gasteiger partial charge in [0.05, 0.1) is 0 Å². The molecule has 0 nitrogen and oxygen atoms in total. The quantitative estimate of drug-likeness (QED) is 0.619. The van der Waals surface area contributed by atoms with Gasteiger partial charge in [-0.3, -0.25) is 0 Å². The molecule has 0 aliphatic rings. The maximum absolute atomic E-state index is 3.48. The molecule has 0 fully saturated rings. The van der Waals surface area contributed by atoms with Gasteiger partial charge < -0.3 is 0 Å².